The van der Waals surface area contributed by atoms with Crippen LogP contribution in [0.15, 0.2) is 61.2 Å². The molecule has 1 aliphatic heterocycles. The number of nitrogens with zero attached hydrogens (tertiary/aromatic N) is 5. The maximum absolute atomic E-state index is 12.6. The maximum atomic E-state index is 12.6. The molecule has 7 heteroatoms. The molecule has 1 aliphatic rings. The van der Waals surface area contributed by atoms with E-state index in [0.717, 1.165) is 47.9 Å². The predicted octanol–water partition coefficient (Wildman–Crippen LogP) is 2.93. The molecule has 4 aromatic heterocycles. The summed E-state index contributed by atoms with van der Waals surface area (Å²) in [5, 5.41) is 2.94. The van der Waals surface area contributed by atoms with Gasteiger partial charge in [-0.15, -0.1) is 0 Å². The fourth-order valence-corrected chi connectivity index (χ4v) is 3.91. The van der Waals surface area contributed by atoms with Gasteiger partial charge in [-0.1, -0.05) is 12.1 Å². The Morgan fingerprint density at radius 1 is 1.20 bits per heavy atom. The standard InChI is InChI=1S/C23H22N6O/c1-16-11-18(23(30)26-13-19-15-28-9-3-2-6-21(28)27-19)12-25-22(16)29-10-7-20-17(14-29)5-4-8-24-20/h2-6,8-9,11-12,15H,7,10,13-14H2,1H3,(H,26,30). The fraction of sp³-hybridized carbons (Fsp3) is 0.217. The molecule has 0 aliphatic carbocycles. The van der Waals surface area contributed by atoms with Crippen LogP contribution in [0.4, 0.5) is 5.82 Å². The third-order valence-corrected chi connectivity index (χ3v) is 5.42. The number of fused-ring (bicyclic) bond motifs is 2. The number of aromatic nitrogens is 4. The van der Waals surface area contributed by atoms with Crippen LogP contribution in [0.1, 0.15) is 32.9 Å². The summed E-state index contributed by atoms with van der Waals surface area (Å²) in [5.41, 5.74) is 5.62. The van der Waals surface area contributed by atoms with Crippen LogP contribution in [0.2, 0.25) is 0 Å². The Hall–Kier alpha value is -3.74. The van der Waals surface area contributed by atoms with Gasteiger partial charge in [-0.2, -0.15) is 0 Å². The molecule has 0 aromatic carbocycles. The summed E-state index contributed by atoms with van der Waals surface area (Å²) in [6, 6.07) is 11.8. The number of carbonyl (C=O) groups excluding carboxylic acids is 1. The largest absolute Gasteiger partial charge is 0.352 e. The highest BCUT2D eigenvalue weighted by Crippen LogP contribution is 2.24. The monoisotopic (exact) mass is 398 g/mol. The van der Waals surface area contributed by atoms with Crippen molar-refractivity contribution in [1.29, 1.82) is 0 Å². The molecule has 0 atom stereocenters. The predicted molar refractivity (Wildman–Crippen MR) is 114 cm³/mol. The van der Waals surface area contributed by atoms with Crippen LogP contribution in [-0.4, -0.2) is 31.8 Å². The fourth-order valence-electron chi connectivity index (χ4n) is 3.91. The van der Waals surface area contributed by atoms with Crippen LogP contribution < -0.4 is 10.2 Å². The molecule has 0 unspecified atom stereocenters. The molecule has 0 fully saturated rings. The molecule has 30 heavy (non-hydrogen) atoms. The average Bonchev–Trinajstić information content (AvgIpc) is 3.20. The molecule has 7 nitrogen and oxygen atoms in total. The van der Waals surface area contributed by atoms with Gasteiger partial charge in [0.2, 0.25) is 0 Å². The number of hydrogen-bond donors (Lipinski definition) is 1. The maximum Gasteiger partial charge on any atom is 0.253 e. The first-order valence-electron chi connectivity index (χ1n) is 10.0. The zero-order chi connectivity index (χ0) is 20.5. The molecule has 4 aromatic rings. The first-order valence-corrected chi connectivity index (χ1v) is 10.0. The van der Waals surface area contributed by atoms with Crippen LogP contribution in [-0.2, 0) is 19.5 Å². The molecule has 1 N–H and O–H groups in total. The van der Waals surface area contributed by atoms with Crippen LogP contribution in [0, 0.1) is 6.92 Å². The number of aryl methyl sites for hydroxylation is 1. The van der Waals surface area contributed by atoms with Crippen LogP contribution >= 0.6 is 0 Å². The number of carbonyl (C=O) groups is 1. The van der Waals surface area contributed by atoms with Crippen LogP contribution in [0.3, 0.4) is 0 Å². The third kappa shape index (κ3) is 3.50. The van der Waals surface area contributed by atoms with E-state index in [1.807, 2.05) is 60.2 Å². The quantitative estimate of drug-likeness (QED) is 0.572. The van der Waals surface area contributed by atoms with Gasteiger partial charge >= 0.3 is 0 Å². The second kappa shape index (κ2) is 7.59. The van der Waals surface area contributed by atoms with Gasteiger partial charge < -0.3 is 14.6 Å². The smallest absolute Gasteiger partial charge is 0.253 e. The van der Waals surface area contributed by atoms with E-state index in [0.29, 0.717) is 12.1 Å². The molecule has 5 rings (SSSR count). The van der Waals surface area contributed by atoms with Crippen molar-refractivity contribution in [2.75, 3.05) is 11.4 Å². The minimum Gasteiger partial charge on any atom is -0.352 e. The van der Waals surface area contributed by atoms with E-state index >= 15 is 0 Å². The molecule has 0 spiro atoms. The number of nitrogens with one attached hydrogen (secondary N) is 1. The molecular weight excluding hydrogens is 376 g/mol. The average molecular weight is 398 g/mol. The summed E-state index contributed by atoms with van der Waals surface area (Å²) in [7, 11) is 0. The number of amides is 1. The van der Waals surface area contributed by atoms with E-state index in [4.69, 9.17) is 0 Å². The van der Waals surface area contributed by atoms with E-state index in [-0.39, 0.29) is 5.91 Å². The Morgan fingerprint density at radius 3 is 3.00 bits per heavy atom. The minimum absolute atomic E-state index is 0.151. The Morgan fingerprint density at radius 2 is 2.13 bits per heavy atom. The van der Waals surface area contributed by atoms with Crippen molar-refractivity contribution in [2.45, 2.75) is 26.4 Å². The van der Waals surface area contributed by atoms with Crippen molar-refractivity contribution < 1.29 is 4.79 Å². The molecular formula is C23H22N6O. The lowest BCUT2D eigenvalue weighted by Crippen LogP contribution is -2.32. The molecule has 0 radical (unpaired) electrons. The number of anilines is 1. The van der Waals surface area contributed by atoms with Crippen LogP contribution in [0.25, 0.3) is 5.65 Å². The van der Waals surface area contributed by atoms with Gasteiger partial charge in [0.15, 0.2) is 0 Å². The Labute approximate surface area is 174 Å². The van der Waals surface area contributed by atoms with Gasteiger partial charge in [0.05, 0.1) is 17.8 Å². The first kappa shape index (κ1) is 18.3. The number of pyridine rings is 3. The van der Waals surface area contributed by atoms with E-state index in [2.05, 4.69) is 31.2 Å². The lowest BCUT2D eigenvalue weighted by molar-refractivity contribution is 0.0950. The summed E-state index contributed by atoms with van der Waals surface area (Å²) in [6.07, 6.45) is 8.26. The van der Waals surface area contributed by atoms with Crippen molar-refractivity contribution in [3.63, 3.8) is 0 Å². The topological polar surface area (TPSA) is 75.4 Å². The molecule has 1 amide bonds. The zero-order valence-electron chi connectivity index (χ0n) is 16.7. The Bertz CT molecular complexity index is 1200. The van der Waals surface area contributed by atoms with E-state index in [1.54, 1.807) is 6.20 Å². The summed E-state index contributed by atoms with van der Waals surface area (Å²) in [4.78, 5) is 28.5. The Kier molecular flexibility index (Phi) is 4.63. The van der Waals surface area contributed by atoms with Crippen molar-refractivity contribution in [2.24, 2.45) is 0 Å². The van der Waals surface area contributed by atoms with E-state index in [1.165, 1.54) is 5.56 Å². The van der Waals surface area contributed by atoms with E-state index < -0.39 is 0 Å². The lowest BCUT2D eigenvalue weighted by Gasteiger charge is -2.30. The van der Waals surface area contributed by atoms with Gasteiger partial charge in [0, 0.05) is 50.0 Å². The molecule has 0 bridgehead atoms. The van der Waals surface area contributed by atoms with Gasteiger partial charge in [0.1, 0.15) is 11.5 Å². The zero-order valence-corrected chi connectivity index (χ0v) is 16.7. The summed E-state index contributed by atoms with van der Waals surface area (Å²) < 4.78 is 1.94. The summed E-state index contributed by atoms with van der Waals surface area (Å²) in [6.45, 7) is 4.03. The normalized spacial score (nSPS) is 13.3. The van der Waals surface area contributed by atoms with Crippen molar-refractivity contribution in [1.82, 2.24) is 24.7 Å². The van der Waals surface area contributed by atoms with Gasteiger partial charge in [-0.25, -0.2) is 9.97 Å². The number of hydrogen-bond acceptors (Lipinski definition) is 5. The second-order valence-corrected chi connectivity index (χ2v) is 7.53. The third-order valence-electron chi connectivity index (χ3n) is 5.42. The minimum atomic E-state index is -0.151. The number of imidazole rings is 1. The van der Waals surface area contributed by atoms with Crippen molar-refractivity contribution in [3.8, 4) is 0 Å². The second-order valence-electron chi connectivity index (χ2n) is 7.53. The molecule has 150 valence electrons. The SMILES string of the molecule is Cc1cc(C(=O)NCc2cn3ccccc3n2)cnc1N1CCc2ncccc2C1. The Balaban J connectivity index is 1.27. The first-order chi connectivity index (χ1) is 14.7. The molecule has 0 saturated heterocycles. The van der Waals surface area contributed by atoms with Crippen molar-refractivity contribution >= 4 is 17.4 Å². The number of rotatable bonds is 4. The van der Waals surface area contributed by atoms with Gasteiger partial charge in [-0.05, 0) is 42.3 Å². The van der Waals surface area contributed by atoms with Crippen molar-refractivity contribution in [3.05, 3.63) is 89.3 Å². The van der Waals surface area contributed by atoms with Gasteiger partial charge in [-0.3, -0.25) is 9.78 Å². The summed E-state index contributed by atoms with van der Waals surface area (Å²) in [5.74, 6) is 0.767. The lowest BCUT2D eigenvalue weighted by atomic mass is 10.0. The van der Waals surface area contributed by atoms with Crippen LogP contribution in [0.5, 0.6) is 0 Å². The highest BCUT2D eigenvalue weighted by atomic mass is 16.1. The molecule has 5 heterocycles. The van der Waals surface area contributed by atoms with E-state index in [9.17, 15) is 4.79 Å². The highest BCUT2D eigenvalue weighted by molar-refractivity contribution is 5.94. The highest BCUT2D eigenvalue weighted by Gasteiger charge is 2.20. The van der Waals surface area contributed by atoms with Gasteiger partial charge in [0.25, 0.3) is 5.91 Å². The summed E-state index contributed by atoms with van der Waals surface area (Å²) >= 11 is 0. The molecule has 0 saturated carbocycles.